The van der Waals surface area contributed by atoms with Crippen LogP contribution in [0.4, 0.5) is 0 Å². The molecular formula is C17H14Cl3N3S. The second-order valence-corrected chi connectivity index (χ2v) is 7.44. The Bertz CT molecular complexity index is 835. The lowest BCUT2D eigenvalue weighted by Gasteiger charge is -2.05. The maximum absolute atomic E-state index is 6.17. The molecule has 0 saturated heterocycles. The Morgan fingerprint density at radius 1 is 1.08 bits per heavy atom. The van der Waals surface area contributed by atoms with Gasteiger partial charge in [0.15, 0.2) is 0 Å². The highest BCUT2D eigenvalue weighted by Crippen LogP contribution is 2.30. The standard InChI is InChI=1S/C17H14Cl3N3S/c18-12-4-3-11(14(19)8-12)5-7-21-10-16-23-9-15(24-16)13-2-1-6-22-17(13)20/h1-4,6,8-9,21H,5,7,10H2. The van der Waals surface area contributed by atoms with E-state index in [0.717, 1.165) is 34.0 Å². The Morgan fingerprint density at radius 2 is 1.96 bits per heavy atom. The van der Waals surface area contributed by atoms with Crippen molar-refractivity contribution in [2.45, 2.75) is 13.0 Å². The molecule has 7 heteroatoms. The van der Waals surface area contributed by atoms with Crippen molar-refractivity contribution in [3.8, 4) is 10.4 Å². The van der Waals surface area contributed by atoms with Crippen LogP contribution in [0.15, 0.2) is 42.7 Å². The van der Waals surface area contributed by atoms with Crippen molar-refractivity contribution < 1.29 is 0 Å². The van der Waals surface area contributed by atoms with E-state index in [1.807, 2.05) is 30.5 Å². The van der Waals surface area contributed by atoms with Crippen LogP contribution in [-0.4, -0.2) is 16.5 Å². The predicted octanol–water partition coefficient (Wildman–Crippen LogP) is 5.50. The molecule has 0 spiro atoms. The van der Waals surface area contributed by atoms with Crippen LogP contribution in [0.3, 0.4) is 0 Å². The Labute approximate surface area is 159 Å². The number of thiazole rings is 1. The molecule has 0 aliphatic heterocycles. The van der Waals surface area contributed by atoms with Crippen LogP contribution in [0.5, 0.6) is 0 Å². The van der Waals surface area contributed by atoms with Gasteiger partial charge in [0, 0.05) is 34.5 Å². The lowest BCUT2D eigenvalue weighted by molar-refractivity contribution is 0.684. The summed E-state index contributed by atoms with van der Waals surface area (Å²) in [4.78, 5) is 9.55. The Hall–Kier alpha value is -1.17. The molecule has 3 nitrogen and oxygen atoms in total. The topological polar surface area (TPSA) is 37.8 Å². The van der Waals surface area contributed by atoms with Crippen molar-refractivity contribution in [1.82, 2.24) is 15.3 Å². The molecule has 3 rings (SSSR count). The van der Waals surface area contributed by atoms with E-state index in [4.69, 9.17) is 34.8 Å². The van der Waals surface area contributed by atoms with E-state index in [2.05, 4.69) is 15.3 Å². The highest BCUT2D eigenvalue weighted by molar-refractivity contribution is 7.15. The first-order valence-electron chi connectivity index (χ1n) is 7.34. The molecule has 124 valence electrons. The summed E-state index contributed by atoms with van der Waals surface area (Å²) in [6.07, 6.45) is 4.35. The van der Waals surface area contributed by atoms with Gasteiger partial charge in [-0.1, -0.05) is 40.9 Å². The van der Waals surface area contributed by atoms with Gasteiger partial charge in [-0.25, -0.2) is 9.97 Å². The van der Waals surface area contributed by atoms with Crippen LogP contribution in [-0.2, 0) is 13.0 Å². The summed E-state index contributed by atoms with van der Waals surface area (Å²) in [6.45, 7) is 1.51. The fourth-order valence-corrected chi connectivity index (χ4v) is 3.92. The summed E-state index contributed by atoms with van der Waals surface area (Å²) in [5, 5.41) is 6.24. The Morgan fingerprint density at radius 3 is 2.75 bits per heavy atom. The van der Waals surface area contributed by atoms with Gasteiger partial charge in [-0.2, -0.15) is 0 Å². The summed E-state index contributed by atoms with van der Waals surface area (Å²) < 4.78 is 0. The van der Waals surface area contributed by atoms with Gasteiger partial charge in [0.1, 0.15) is 10.2 Å². The van der Waals surface area contributed by atoms with Crippen molar-refractivity contribution in [2.75, 3.05) is 6.54 Å². The van der Waals surface area contributed by atoms with E-state index in [0.29, 0.717) is 21.7 Å². The Balaban J connectivity index is 1.54. The highest BCUT2D eigenvalue weighted by Gasteiger charge is 2.08. The van der Waals surface area contributed by atoms with E-state index in [1.165, 1.54) is 0 Å². The predicted molar refractivity (Wildman–Crippen MR) is 102 cm³/mol. The Kier molecular flexibility index (Phi) is 6.09. The summed E-state index contributed by atoms with van der Waals surface area (Å²) in [5.74, 6) is 0. The molecular weight excluding hydrogens is 385 g/mol. The number of hydrogen-bond donors (Lipinski definition) is 1. The second kappa shape index (κ2) is 8.28. The molecule has 0 aliphatic carbocycles. The number of halogens is 3. The van der Waals surface area contributed by atoms with Gasteiger partial charge in [-0.3, -0.25) is 0 Å². The van der Waals surface area contributed by atoms with E-state index in [9.17, 15) is 0 Å². The average molecular weight is 399 g/mol. The number of hydrogen-bond acceptors (Lipinski definition) is 4. The molecule has 0 bridgehead atoms. The molecule has 0 radical (unpaired) electrons. The summed E-state index contributed by atoms with van der Waals surface area (Å²) in [5.41, 5.74) is 1.99. The summed E-state index contributed by atoms with van der Waals surface area (Å²) >= 11 is 19.8. The van der Waals surface area contributed by atoms with Gasteiger partial charge in [0.2, 0.25) is 0 Å². The number of rotatable bonds is 6. The lowest BCUT2D eigenvalue weighted by Crippen LogP contribution is -2.16. The van der Waals surface area contributed by atoms with Gasteiger partial charge in [-0.15, -0.1) is 11.3 Å². The van der Waals surface area contributed by atoms with E-state index >= 15 is 0 Å². The molecule has 24 heavy (non-hydrogen) atoms. The van der Waals surface area contributed by atoms with Gasteiger partial charge < -0.3 is 5.32 Å². The number of pyridine rings is 1. The zero-order valence-corrected chi connectivity index (χ0v) is 15.7. The minimum absolute atomic E-state index is 0.498. The smallest absolute Gasteiger partial charge is 0.137 e. The minimum atomic E-state index is 0.498. The van der Waals surface area contributed by atoms with Crippen LogP contribution in [0.2, 0.25) is 15.2 Å². The maximum Gasteiger partial charge on any atom is 0.137 e. The van der Waals surface area contributed by atoms with Gasteiger partial charge in [0.25, 0.3) is 0 Å². The monoisotopic (exact) mass is 397 g/mol. The van der Waals surface area contributed by atoms with Crippen molar-refractivity contribution >= 4 is 46.1 Å². The van der Waals surface area contributed by atoms with Crippen LogP contribution < -0.4 is 5.32 Å². The number of aromatic nitrogens is 2. The molecule has 0 unspecified atom stereocenters. The first-order valence-corrected chi connectivity index (χ1v) is 9.29. The minimum Gasteiger partial charge on any atom is -0.310 e. The quantitative estimate of drug-likeness (QED) is 0.440. The van der Waals surface area contributed by atoms with E-state index < -0.39 is 0 Å². The largest absolute Gasteiger partial charge is 0.310 e. The van der Waals surface area contributed by atoms with Gasteiger partial charge in [-0.05, 0) is 42.8 Å². The van der Waals surface area contributed by atoms with Gasteiger partial charge >= 0.3 is 0 Å². The second-order valence-electron chi connectivity index (χ2n) is 5.12. The molecule has 0 saturated carbocycles. The molecule has 2 aromatic heterocycles. The van der Waals surface area contributed by atoms with Crippen molar-refractivity contribution in [3.63, 3.8) is 0 Å². The molecule has 0 amide bonds. The molecule has 0 atom stereocenters. The fourth-order valence-electron chi connectivity index (χ4n) is 2.23. The van der Waals surface area contributed by atoms with Crippen LogP contribution in [0.1, 0.15) is 10.6 Å². The zero-order valence-electron chi connectivity index (χ0n) is 12.6. The molecule has 0 aliphatic rings. The molecule has 1 aromatic carbocycles. The van der Waals surface area contributed by atoms with Crippen molar-refractivity contribution in [3.05, 3.63) is 68.5 Å². The first-order chi connectivity index (χ1) is 11.6. The maximum atomic E-state index is 6.17. The normalized spacial score (nSPS) is 11.0. The van der Waals surface area contributed by atoms with Crippen LogP contribution >= 0.6 is 46.1 Å². The average Bonchev–Trinajstić information content (AvgIpc) is 3.02. The van der Waals surface area contributed by atoms with Crippen LogP contribution in [0.25, 0.3) is 10.4 Å². The summed E-state index contributed by atoms with van der Waals surface area (Å²) in [6, 6.07) is 9.40. The third kappa shape index (κ3) is 4.47. The molecule has 3 aromatic rings. The number of nitrogens with zero attached hydrogens (tertiary/aromatic N) is 2. The van der Waals surface area contributed by atoms with E-state index in [-0.39, 0.29) is 0 Å². The SMILES string of the molecule is Clc1ccc(CCNCc2ncc(-c3cccnc3Cl)s2)c(Cl)c1. The number of nitrogens with one attached hydrogen (secondary N) is 1. The highest BCUT2D eigenvalue weighted by atomic mass is 35.5. The van der Waals surface area contributed by atoms with Crippen molar-refractivity contribution in [2.24, 2.45) is 0 Å². The van der Waals surface area contributed by atoms with Crippen LogP contribution in [0, 0.1) is 0 Å². The lowest BCUT2D eigenvalue weighted by atomic mass is 10.1. The first kappa shape index (κ1) is 17.6. The fraction of sp³-hybridized carbons (Fsp3) is 0.176. The molecule has 0 fully saturated rings. The van der Waals surface area contributed by atoms with E-state index in [1.54, 1.807) is 23.6 Å². The number of benzene rings is 1. The third-order valence-corrected chi connectivity index (χ3v) is 5.36. The van der Waals surface area contributed by atoms with Gasteiger partial charge in [0.05, 0.1) is 4.88 Å². The van der Waals surface area contributed by atoms with Crippen molar-refractivity contribution in [1.29, 1.82) is 0 Å². The molecule has 1 N–H and O–H groups in total. The summed E-state index contributed by atoms with van der Waals surface area (Å²) in [7, 11) is 0. The zero-order chi connectivity index (χ0) is 16.9. The molecule has 2 heterocycles. The third-order valence-electron chi connectivity index (χ3n) is 3.44.